The predicted octanol–water partition coefficient (Wildman–Crippen LogP) is 2.22. The molecule has 2 heteroatoms. The van der Waals surface area contributed by atoms with Gasteiger partial charge >= 0.3 is 0 Å². The molecule has 0 saturated carbocycles. The van der Waals surface area contributed by atoms with Gasteiger partial charge < -0.3 is 4.74 Å². The minimum Gasteiger partial charge on any atom is -0.481 e. The van der Waals surface area contributed by atoms with Crippen LogP contribution in [0.15, 0.2) is 24.3 Å². The number of benzene rings is 1. The zero-order valence-electron chi connectivity index (χ0n) is 7.42. The Labute approximate surface area is 72.7 Å². The lowest BCUT2D eigenvalue weighted by atomic mass is 10.1. The van der Waals surface area contributed by atoms with E-state index in [1.54, 1.807) is 0 Å². The molecule has 0 aromatic heterocycles. The average Bonchev–Trinajstić information content (AvgIpc) is 2.16. The van der Waals surface area contributed by atoms with E-state index in [9.17, 15) is 0 Å². The van der Waals surface area contributed by atoms with Crippen LogP contribution in [0, 0.1) is 5.41 Å². The Morgan fingerprint density at radius 3 is 2.67 bits per heavy atom. The number of hydrogen-bond donors (Lipinski definition) is 1. The fourth-order valence-electron chi connectivity index (χ4n) is 1.16. The van der Waals surface area contributed by atoms with E-state index in [1.807, 2.05) is 24.3 Å². The summed E-state index contributed by atoms with van der Waals surface area (Å²) in [5.74, 6) is 0.243. The molecule has 0 fully saturated rings. The molecule has 0 amide bonds. The van der Waals surface area contributed by atoms with Gasteiger partial charge in [-0.25, -0.2) is 0 Å². The lowest BCUT2D eigenvalue weighted by Crippen LogP contribution is -2.04. The summed E-state index contributed by atoms with van der Waals surface area (Å²) in [5, 5.41) is 7.50. The van der Waals surface area contributed by atoms with Gasteiger partial charge in [0.25, 0.3) is 0 Å². The first-order valence-electron chi connectivity index (χ1n) is 4.00. The van der Waals surface area contributed by atoms with Gasteiger partial charge in [0, 0.05) is 5.56 Å². The van der Waals surface area contributed by atoms with Crippen LogP contribution in [0.1, 0.15) is 18.1 Å². The Bertz CT molecular complexity index is 281. The van der Waals surface area contributed by atoms with E-state index in [0.29, 0.717) is 0 Å². The molecule has 0 spiro atoms. The first kappa shape index (κ1) is 8.78. The average molecular weight is 163 g/mol. The van der Waals surface area contributed by atoms with Gasteiger partial charge in [-0.15, -0.1) is 0 Å². The van der Waals surface area contributed by atoms with Crippen LogP contribution in [0.25, 0.3) is 0 Å². The lowest BCUT2D eigenvalue weighted by Gasteiger charge is -2.06. The van der Waals surface area contributed by atoms with Crippen molar-refractivity contribution >= 4 is 5.90 Å². The van der Waals surface area contributed by atoms with E-state index in [4.69, 9.17) is 10.1 Å². The summed E-state index contributed by atoms with van der Waals surface area (Å²) in [6, 6.07) is 7.82. The maximum absolute atomic E-state index is 7.50. The molecule has 0 unspecified atom stereocenters. The van der Waals surface area contributed by atoms with Gasteiger partial charge in [0.1, 0.15) is 0 Å². The van der Waals surface area contributed by atoms with Crippen LogP contribution in [0.4, 0.5) is 0 Å². The molecular formula is C10H13NO. The van der Waals surface area contributed by atoms with Gasteiger partial charge in [-0.2, -0.15) is 0 Å². The van der Waals surface area contributed by atoms with Gasteiger partial charge in [-0.1, -0.05) is 25.1 Å². The molecule has 0 heterocycles. The third-order valence-corrected chi connectivity index (χ3v) is 1.85. The predicted molar refractivity (Wildman–Crippen MR) is 49.7 cm³/mol. The van der Waals surface area contributed by atoms with Crippen LogP contribution in [0.2, 0.25) is 0 Å². The summed E-state index contributed by atoms with van der Waals surface area (Å²) < 4.78 is 4.86. The maximum atomic E-state index is 7.50. The Balaban J connectivity index is 3.04. The Hall–Kier alpha value is -1.31. The second-order valence-corrected chi connectivity index (χ2v) is 2.54. The smallest absolute Gasteiger partial charge is 0.213 e. The van der Waals surface area contributed by atoms with Gasteiger partial charge in [0.15, 0.2) is 0 Å². The van der Waals surface area contributed by atoms with Crippen LogP contribution in [-0.4, -0.2) is 13.0 Å². The third kappa shape index (κ3) is 1.64. The van der Waals surface area contributed by atoms with Gasteiger partial charge in [0.05, 0.1) is 7.11 Å². The standard InChI is InChI=1S/C10H13NO/c1-3-8-6-4-5-7-9(8)10(11)12-2/h4-7,11H,3H2,1-2H3. The Morgan fingerprint density at radius 1 is 1.42 bits per heavy atom. The van der Waals surface area contributed by atoms with E-state index in [0.717, 1.165) is 17.5 Å². The molecule has 0 saturated heterocycles. The monoisotopic (exact) mass is 163 g/mol. The van der Waals surface area contributed by atoms with Crippen LogP contribution in [-0.2, 0) is 11.2 Å². The summed E-state index contributed by atoms with van der Waals surface area (Å²) >= 11 is 0. The van der Waals surface area contributed by atoms with E-state index >= 15 is 0 Å². The van der Waals surface area contributed by atoms with Crippen molar-refractivity contribution in [3.8, 4) is 0 Å². The molecular weight excluding hydrogens is 150 g/mol. The highest BCUT2D eigenvalue weighted by atomic mass is 16.5. The highest BCUT2D eigenvalue weighted by Gasteiger charge is 2.04. The van der Waals surface area contributed by atoms with Gasteiger partial charge in [-0.3, -0.25) is 5.41 Å². The quantitative estimate of drug-likeness (QED) is 0.526. The number of methoxy groups -OCH3 is 1. The fraction of sp³-hybridized carbons (Fsp3) is 0.300. The molecule has 1 aromatic carbocycles. The molecule has 1 N–H and O–H groups in total. The van der Waals surface area contributed by atoms with Crippen molar-refractivity contribution in [1.29, 1.82) is 5.41 Å². The van der Waals surface area contributed by atoms with Crippen molar-refractivity contribution in [1.82, 2.24) is 0 Å². The van der Waals surface area contributed by atoms with E-state index in [1.165, 1.54) is 7.11 Å². The first-order chi connectivity index (χ1) is 5.79. The number of ether oxygens (including phenoxy) is 1. The topological polar surface area (TPSA) is 33.1 Å². The largest absolute Gasteiger partial charge is 0.481 e. The number of rotatable bonds is 2. The normalized spacial score (nSPS) is 9.50. The number of nitrogens with one attached hydrogen (secondary N) is 1. The fourth-order valence-corrected chi connectivity index (χ4v) is 1.16. The molecule has 1 aromatic rings. The van der Waals surface area contributed by atoms with Crippen LogP contribution in [0.5, 0.6) is 0 Å². The Morgan fingerprint density at radius 2 is 2.08 bits per heavy atom. The van der Waals surface area contributed by atoms with Crippen molar-refractivity contribution in [2.24, 2.45) is 0 Å². The minimum absolute atomic E-state index is 0.243. The van der Waals surface area contributed by atoms with Crippen molar-refractivity contribution < 1.29 is 4.74 Å². The Kier molecular flexibility index (Phi) is 2.86. The number of hydrogen-bond acceptors (Lipinski definition) is 2. The number of aryl methyl sites for hydroxylation is 1. The lowest BCUT2D eigenvalue weighted by molar-refractivity contribution is 0.400. The first-order valence-corrected chi connectivity index (χ1v) is 4.00. The van der Waals surface area contributed by atoms with E-state index in [-0.39, 0.29) is 5.90 Å². The highest BCUT2D eigenvalue weighted by molar-refractivity contribution is 5.93. The molecule has 12 heavy (non-hydrogen) atoms. The van der Waals surface area contributed by atoms with Gasteiger partial charge in [0.2, 0.25) is 5.90 Å². The maximum Gasteiger partial charge on any atom is 0.213 e. The zero-order valence-corrected chi connectivity index (χ0v) is 7.42. The third-order valence-electron chi connectivity index (χ3n) is 1.85. The molecule has 0 aliphatic rings. The summed E-state index contributed by atoms with van der Waals surface area (Å²) in [6.45, 7) is 2.07. The van der Waals surface area contributed by atoms with Gasteiger partial charge in [-0.05, 0) is 18.1 Å². The van der Waals surface area contributed by atoms with Crippen LogP contribution < -0.4 is 0 Å². The van der Waals surface area contributed by atoms with E-state index in [2.05, 4.69) is 6.92 Å². The minimum atomic E-state index is 0.243. The molecule has 0 atom stereocenters. The highest BCUT2D eigenvalue weighted by Crippen LogP contribution is 2.09. The molecule has 0 aliphatic carbocycles. The SMILES string of the molecule is CCc1ccccc1C(=N)OC. The van der Waals surface area contributed by atoms with Crippen molar-refractivity contribution in [2.75, 3.05) is 7.11 Å². The molecule has 0 bridgehead atoms. The second-order valence-electron chi connectivity index (χ2n) is 2.54. The summed E-state index contributed by atoms with van der Waals surface area (Å²) in [7, 11) is 1.52. The molecule has 64 valence electrons. The van der Waals surface area contributed by atoms with Crippen molar-refractivity contribution in [3.05, 3.63) is 35.4 Å². The summed E-state index contributed by atoms with van der Waals surface area (Å²) in [5.41, 5.74) is 2.05. The van der Waals surface area contributed by atoms with Crippen LogP contribution in [0.3, 0.4) is 0 Å². The van der Waals surface area contributed by atoms with Crippen molar-refractivity contribution in [3.63, 3.8) is 0 Å². The zero-order chi connectivity index (χ0) is 8.97. The second kappa shape index (κ2) is 3.90. The molecule has 1 rings (SSSR count). The summed E-state index contributed by atoms with van der Waals surface area (Å²) in [4.78, 5) is 0. The molecule has 0 radical (unpaired) electrons. The van der Waals surface area contributed by atoms with Crippen LogP contribution >= 0.6 is 0 Å². The molecule has 0 aliphatic heterocycles. The van der Waals surface area contributed by atoms with E-state index < -0.39 is 0 Å². The summed E-state index contributed by atoms with van der Waals surface area (Å²) in [6.07, 6.45) is 0.932. The molecule has 2 nitrogen and oxygen atoms in total. The van der Waals surface area contributed by atoms with Crippen molar-refractivity contribution in [2.45, 2.75) is 13.3 Å².